The van der Waals surface area contributed by atoms with E-state index < -0.39 is 21.7 Å². The molecule has 3 N–H and O–H groups in total. The Bertz CT molecular complexity index is 612. The Hall–Kier alpha value is -0.800. The Morgan fingerprint density at radius 3 is 2.37 bits per heavy atom. The third-order valence-electron chi connectivity index (χ3n) is 2.89. The van der Waals surface area contributed by atoms with E-state index in [1.165, 1.54) is 18.2 Å². The van der Waals surface area contributed by atoms with E-state index >= 15 is 0 Å². The van der Waals surface area contributed by atoms with E-state index in [1.807, 2.05) is 0 Å². The van der Waals surface area contributed by atoms with Crippen molar-refractivity contribution in [2.24, 2.45) is 0 Å². The molecular formula is C10H10BrF3N2O2S. The summed E-state index contributed by atoms with van der Waals surface area (Å²) in [5.41, 5.74) is 3.05. The molecule has 0 bridgehead atoms. The zero-order valence-corrected chi connectivity index (χ0v) is 11.9. The molecule has 9 heteroatoms. The number of nitrogen functional groups attached to an aromatic ring is 1. The first-order valence-electron chi connectivity index (χ1n) is 5.23. The average Bonchev–Trinajstić information content (AvgIpc) is 3.01. The highest BCUT2D eigenvalue weighted by atomic mass is 79.9. The van der Waals surface area contributed by atoms with E-state index in [-0.39, 0.29) is 23.4 Å². The van der Waals surface area contributed by atoms with Crippen LogP contribution in [0.3, 0.4) is 0 Å². The van der Waals surface area contributed by atoms with Crippen molar-refractivity contribution in [3.63, 3.8) is 0 Å². The highest BCUT2D eigenvalue weighted by Gasteiger charge is 2.65. The van der Waals surface area contributed by atoms with E-state index in [0.717, 1.165) is 0 Å². The molecule has 2 rings (SSSR count). The standard InChI is InChI=1S/C10H10BrF3N2O2S/c11-6-1-2-7(15)8(5-6)19(17,18)16-9(3-4-9)10(12,13)14/h1-2,5,16H,3-4,15H2. The summed E-state index contributed by atoms with van der Waals surface area (Å²) in [6.07, 6.45) is -5.13. The van der Waals surface area contributed by atoms with Crippen molar-refractivity contribution in [1.82, 2.24) is 4.72 Å². The molecule has 0 atom stereocenters. The van der Waals surface area contributed by atoms with Crippen LogP contribution in [0, 0.1) is 0 Å². The minimum atomic E-state index is -4.61. The molecule has 0 heterocycles. The Balaban J connectivity index is 2.37. The number of nitrogens with two attached hydrogens (primary N) is 1. The summed E-state index contributed by atoms with van der Waals surface area (Å²) in [6, 6.07) is 3.99. The van der Waals surface area contributed by atoms with Gasteiger partial charge in [-0.25, -0.2) is 8.42 Å². The number of nitrogens with one attached hydrogen (secondary N) is 1. The third kappa shape index (κ3) is 2.72. The van der Waals surface area contributed by atoms with Crippen LogP contribution in [0.25, 0.3) is 0 Å². The minimum absolute atomic E-state index is 0.103. The van der Waals surface area contributed by atoms with Crippen LogP contribution in [0.5, 0.6) is 0 Å². The van der Waals surface area contributed by atoms with E-state index in [4.69, 9.17) is 5.73 Å². The molecule has 4 nitrogen and oxygen atoms in total. The quantitative estimate of drug-likeness (QED) is 0.815. The number of alkyl halides is 3. The molecule has 0 aliphatic heterocycles. The molecule has 106 valence electrons. The predicted octanol–water partition coefficient (Wildman–Crippen LogP) is 2.40. The lowest BCUT2D eigenvalue weighted by Gasteiger charge is -2.21. The summed E-state index contributed by atoms with van der Waals surface area (Å²) in [7, 11) is -4.32. The topological polar surface area (TPSA) is 72.2 Å². The maximum Gasteiger partial charge on any atom is 0.407 e. The van der Waals surface area contributed by atoms with E-state index in [0.29, 0.717) is 4.47 Å². The van der Waals surface area contributed by atoms with Crippen LogP contribution in [0.2, 0.25) is 0 Å². The predicted molar refractivity (Wildman–Crippen MR) is 66.9 cm³/mol. The van der Waals surface area contributed by atoms with Gasteiger partial charge in [-0.3, -0.25) is 0 Å². The van der Waals surface area contributed by atoms with Gasteiger partial charge in [-0.05, 0) is 31.0 Å². The molecule has 1 aliphatic rings. The Morgan fingerprint density at radius 2 is 1.89 bits per heavy atom. The van der Waals surface area contributed by atoms with Gasteiger partial charge in [0.25, 0.3) is 0 Å². The Kier molecular flexibility index (Phi) is 3.35. The fourth-order valence-electron chi connectivity index (χ4n) is 1.62. The van der Waals surface area contributed by atoms with Gasteiger partial charge in [0.2, 0.25) is 10.0 Å². The van der Waals surface area contributed by atoms with Crippen LogP contribution in [0.1, 0.15) is 12.8 Å². The Morgan fingerprint density at radius 1 is 1.32 bits per heavy atom. The second kappa shape index (κ2) is 4.35. The largest absolute Gasteiger partial charge is 0.407 e. The molecule has 1 fully saturated rings. The van der Waals surface area contributed by atoms with E-state index in [1.54, 1.807) is 4.72 Å². The molecule has 1 aromatic carbocycles. The highest BCUT2D eigenvalue weighted by molar-refractivity contribution is 9.10. The van der Waals surface area contributed by atoms with Gasteiger partial charge < -0.3 is 5.73 Å². The number of rotatable bonds is 3. The second-order valence-electron chi connectivity index (χ2n) is 4.37. The molecular weight excluding hydrogens is 349 g/mol. The van der Waals surface area contributed by atoms with Gasteiger partial charge in [0.1, 0.15) is 10.4 Å². The van der Waals surface area contributed by atoms with Crippen LogP contribution >= 0.6 is 15.9 Å². The zero-order valence-electron chi connectivity index (χ0n) is 9.46. The molecule has 0 radical (unpaired) electrons. The molecule has 1 aromatic rings. The van der Waals surface area contributed by atoms with Gasteiger partial charge in [0.05, 0.1) is 5.69 Å². The summed E-state index contributed by atoms with van der Waals surface area (Å²) in [5, 5.41) is 0. The van der Waals surface area contributed by atoms with Crippen molar-refractivity contribution in [2.45, 2.75) is 29.5 Å². The van der Waals surface area contributed by atoms with Gasteiger partial charge in [0.15, 0.2) is 0 Å². The molecule has 0 spiro atoms. The summed E-state index contributed by atoms with van der Waals surface area (Å²) >= 11 is 3.05. The fourth-order valence-corrected chi connectivity index (χ4v) is 3.74. The fraction of sp³-hybridized carbons (Fsp3) is 0.400. The van der Waals surface area contributed by atoms with Crippen LogP contribution < -0.4 is 10.5 Å². The second-order valence-corrected chi connectivity index (χ2v) is 6.93. The number of anilines is 1. The molecule has 0 saturated heterocycles. The van der Waals surface area contributed by atoms with Gasteiger partial charge in [-0.15, -0.1) is 0 Å². The molecule has 0 unspecified atom stereocenters. The van der Waals surface area contributed by atoms with Crippen LogP contribution in [0.4, 0.5) is 18.9 Å². The van der Waals surface area contributed by atoms with Crippen molar-refractivity contribution in [2.75, 3.05) is 5.73 Å². The number of sulfonamides is 1. The van der Waals surface area contributed by atoms with E-state index in [9.17, 15) is 21.6 Å². The first kappa shape index (κ1) is 14.6. The maximum atomic E-state index is 12.8. The smallest absolute Gasteiger partial charge is 0.398 e. The molecule has 19 heavy (non-hydrogen) atoms. The average molecular weight is 359 g/mol. The van der Waals surface area contributed by atoms with Crippen LogP contribution in [0.15, 0.2) is 27.6 Å². The summed E-state index contributed by atoms with van der Waals surface area (Å²) in [6.45, 7) is 0. The van der Waals surface area contributed by atoms with Crippen molar-refractivity contribution in [3.05, 3.63) is 22.7 Å². The van der Waals surface area contributed by atoms with Gasteiger partial charge in [-0.1, -0.05) is 15.9 Å². The molecule has 1 aliphatic carbocycles. The van der Waals surface area contributed by atoms with Gasteiger partial charge in [-0.2, -0.15) is 17.9 Å². The van der Waals surface area contributed by atoms with Gasteiger partial charge in [0, 0.05) is 4.47 Å². The van der Waals surface area contributed by atoms with Crippen molar-refractivity contribution >= 4 is 31.6 Å². The lowest BCUT2D eigenvalue weighted by molar-refractivity contribution is -0.160. The lowest BCUT2D eigenvalue weighted by atomic mass is 10.3. The van der Waals surface area contributed by atoms with Gasteiger partial charge >= 0.3 is 6.18 Å². The third-order valence-corrected chi connectivity index (χ3v) is 4.97. The minimum Gasteiger partial charge on any atom is -0.398 e. The van der Waals surface area contributed by atoms with E-state index in [2.05, 4.69) is 15.9 Å². The van der Waals surface area contributed by atoms with Crippen molar-refractivity contribution in [1.29, 1.82) is 0 Å². The number of hydrogen-bond acceptors (Lipinski definition) is 3. The Labute approximate surface area is 116 Å². The monoisotopic (exact) mass is 358 g/mol. The number of hydrogen-bond donors (Lipinski definition) is 2. The normalized spacial score (nSPS) is 18.3. The number of halogens is 4. The summed E-state index contributed by atoms with van der Waals surface area (Å²) < 4.78 is 64.4. The summed E-state index contributed by atoms with van der Waals surface area (Å²) in [5.74, 6) is 0. The first-order valence-corrected chi connectivity index (χ1v) is 7.51. The number of benzene rings is 1. The summed E-state index contributed by atoms with van der Waals surface area (Å²) in [4.78, 5) is -0.364. The highest BCUT2D eigenvalue weighted by Crippen LogP contribution is 2.49. The van der Waals surface area contributed by atoms with Crippen molar-refractivity contribution < 1.29 is 21.6 Å². The molecule has 0 amide bonds. The van der Waals surface area contributed by atoms with Crippen LogP contribution in [-0.2, 0) is 10.0 Å². The SMILES string of the molecule is Nc1ccc(Br)cc1S(=O)(=O)NC1(C(F)(F)F)CC1. The molecule has 1 saturated carbocycles. The zero-order chi connectivity index (χ0) is 14.5. The lowest BCUT2D eigenvalue weighted by Crippen LogP contribution is -2.47. The first-order chi connectivity index (χ1) is 8.57. The van der Waals surface area contributed by atoms with Crippen LogP contribution in [-0.4, -0.2) is 20.1 Å². The van der Waals surface area contributed by atoms with Crippen molar-refractivity contribution in [3.8, 4) is 0 Å². The maximum absolute atomic E-state index is 12.8. The molecule has 0 aromatic heterocycles.